The van der Waals surface area contributed by atoms with Crippen molar-refractivity contribution in [3.8, 4) is 0 Å². The highest BCUT2D eigenvalue weighted by Crippen LogP contribution is 2.25. The average Bonchev–Trinajstić information content (AvgIpc) is 3.55. The summed E-state index contributed by atoms with van der Waals surface area (Å²) in [5.74, 6) is 0.333. The maximum atomic E-state index is 11.0. The highest BCUT2D eigenvalue weighted by molar-refractivity contribution is 7.80. The Morgan fingerprint density at radius 2 is 1.22 bits per heavy atom. The van der Waals surface area contributed by atoms with Crippen LogP contribution in [0.1, 0.15) is 116 Å². The van der Waals surface area contributed by atoms with Gasteiger partial charge < -0.3 is 4.74 Å². The van der Waals surface area contributed by atoms with E-state index in [-0.39, 0.29) is 60.1 Å². The Morgan fingerprint density at radius 3 is 1.41 bits per heavy atom. The number of nitrogens with zero attached hydrogens (tertiary/aromatic N) is 6. The van der Waals surface area contributed by atoms with Crippen molar-refractivity contribution in [1.82, 2.24) is 5.01 Å². The third-order valence-electron chi connectivity index (χ3n) is 5.84. The lowest BCUT2D eigenvalue weighted by atomic mass is 9.88. The lowest BCUT2D eigenvalue weighted by Crippen LogP contribution is -2.39. The van der Waals surface area contributed by atoms with Gasteiger partial charge in [0.1, 0.15) is 18.1 Å². The van der Waals surface area contributed by atoms with Gasteiger partial charge in [0.15, 0.2) is 5.90 Å². The predicted octanol–water partition coefficient (Wildman–Crippen LogP) is 7.01. The van der Waals surface area contributed by atoms with E-state index in [2.05, 4.69) is 66.9 Å². The van der Waals surface area contributed by atoms with Crippen molar-refractivity contribution in [3.05, 3.63) is 0 Å². The molecular formula is C30H52N6O4S. The zero-order valence-electron chi connectivity index (χ0n) is 26.5. The minimum atomic E-state index is -0.245. The maximum absolute atomic E-state index is 11.0. The highest BCUT2D eigenvalue weighted by atomic mass is 32.1. The normalized spacial score (nSPS) is 18.6. The number of hydrogen-bond donors (Lipinski definition) is 0. The fourth-order valence-electron chi connectivity index (χ4n) is 3.54. The molecule has 11 heteroatoms. The van der Waals surface area contributed by atoms with E-state index in [1.807, 2.05) is 41.5 Å². The lowest BCUT2D eigenvalue weighted by Gasteiger charge is -2.25. The Hall–Kier alpha value is -2.69. The van der Waals surface area contributed by atoms with Gasteiger partial charge in [-0.3, -0.25) is 14.6 Å². The molecule has 0 saturated heterocycles. The van der Waals surface area contributed by atoms with Gasteiger partial charge in [0.2, 0.25) is 5.91 Å². The quantitative estimate of drug-likeness (QED) is 0.221. The Balaban J connectivity index is 0.000000516. The number of thiocarbonyl (C=S) groups is 1. The summed E-state index contributed by atoms with van der Waals surface area (Å²) in [7, 11) is 0. The Kier molecular flexibility index (Phi) is 14.0. The summed E-state index contributed by atoms with van der Waals surface area (Å²) in [5.41, 5.74) is 2.27. The zero-order valence-corrected chi connectivity index (χ0v) is 27.3. The largest absolute Gasteiger partial charge is 0.410 e. The molecule has 0 spiro atoms. The van der Waals surface area contributed by atoms with Crippen molar-refractivity contribution in [1.29, 1.82) is 0 Å². The number of carbonyl (C=O) groups is 3. The minimum absolute atomic E-state index is 0. The number of hydrogen-bond acceptors (Lipinski definition) is 8. The van der Waals surface area contributed by atoms with Crippen molar-refractivity contribution in [3.63, 3.8) is 0 Å². The summed E-state index contributed by atoms with van der Waals surface area (Å²) < 4.78 is 4.84. The van der Waals surface area contributed by atoms with E-state index in [1.54, 1.807) is 0 Å². The molecule has 41 heavy (non-hydrogen) atoms. The van der Waals surface area contributed by atoms with Gasteiger partial charge in [0.05, 0.1) is 5.54 Å². The number of ether oxygens (including phenoxy) is 1. The first kappa shape index (κ1) is 38.3. The molecule has 0 saturated carbocycles. The standard InChI is InChI=1S/C8H13NO.C8H13NS.C7H11NO2.C6H11N3O.CH4/c2*1-8(2,3)6-4-5-7(10)9-6;1-7(2,3)6-8-4-5(9)10-6;1-6(2,3)9-5(10)4-7-8-9;/h2*4-5H2,1-3H3;2*4H2,1-3H3;1H4. The minimum Gasteiger partial charge on any atom is -0.410 e. The molecule has 232 valence electrons. The van der Waals surface area contributed by atoms with Crippen molar-refractivity contribution in [2.24, 2.45) is 41.6 Å². The molecule has 0 N–H and O–H groups in total. The number of rotatable bonds is 0. The van der Waals surface area contributed by atoms with E-state index in [4.69, 9.17) is 17.0 Å². The van der Waals surface area contributed by atoms with Gasteiger partial charge >= 0.3 is 5.97 Å². The topological polar surface area (TPSA) is 125 Å². The average molecular weight is 593 g/mol. The molecule has 0 unspecified atom stereocenters. The van der Waals surface area contributed by atoms with Gasteiger partial charge in [0, 0.05) is 40.5 Å². The van der Waals surface area contributed by atoms with E-state index in [1.165, 1.54) is 10.7 Å². The van der Waals surface area contributed by atoms with Crippen LogP contribution in [0.15, 0.2) is 25.3 Å². The molecule has 2 amide bonds. The molecule has 10 nitrogen and oxygen atoms in total. The van der Waals surface area contributed by atoms with Crippen LogP contribution in [-0.4, -0.2) is 63.7 Å². The molecule has 0 radical (unpaired) electrons. The Morgan fingerprint density at radius 1 is 0.707 bits per heavy atom. The van der Waals surface area contributed by atoms with Crippen LogP contribution in [0.4, 0.5) is 0 Å². The second-order valence-corrected chi connectivity index (χ2v) is 14.5. The first-order chi connectivity index (χ1) is 18.0. The smallest absolute Gasteiger partial charge is 0.334 e. The third-order valence-corrected chi connectivity index (χ3v) is 6.13. The summed E-state index contributed by atoms with van der Waals surface area (Å²) in [6.07, 6.45) is 3.54. The summed E-state index contributed by atoms with van der Waals surface area (Å²) in [5, 5.41) is 8.72. The molecule has 0 atom stereocenters. The number of cyclic esters (lactones) is 1. The monoisotopic (exact) mass is 592 g/mol. The van der Waals surface area contributed by atoms with Crippen LogP contribution in [-0.2, 0) is 19.1 Å². The lowest BCUT2D eigenvalue weighted by molar-refractivity contribution is -0.133. The fourth-order valence-corrected chi connectivity index (χ4v) is 3.75. The van der Waals surface area contributed by atoms with Crippen LogP contribution in [0.5, 0.6) is 0 Å². The first-order valence-corrected chi connectivity index (χ1v) is 14.1. The van der Waals surface area contributed by atoms with Gasteiger partial charge in [-0.15, -0.1) is 0 Å². The SMILES string of the molecule is C.CC(C)(C)C1=NC(=O)CC1.CC(C)(C)C1=NC(=S)CC1.CC(C)(C)C1=NCC(=O)O1.CC(C)(C)N1N=NCC1=O. The third kappa shape index (κ3) is 13.7. The van der Waals surface area contributed by atoms with Gasteiger partial charge in [-0.2, -0.15) is 5.11 Å². The second kappa shape index (κ2) is 15.0. The highest BCUT2D eigenvalue weighted by Gasteiger charge is 2.30. The molecule has 0 aromatic heterocycles. The number of carbonyl (C=O) groups excluding carboxylic acids is 3. The molecule has 0 aromatic rings. The maximum Gasteiger partial charge on any atom is 0.334 e. The molecule has 4 rings (SSSR count). The van der Waals surface area contributed by atoms with Crippen LogP contribution < -0.4 is 0 Å². The van der Waals surface area contributed by atoms with Gasteiger partial charge in [-0.1, -0.05) is 87.2 Å². The molecule has 0 aliphatic carbocycles. The number of aliphatic imine (C=N–C) groups is 3. The van der Waals surface area contributed by atoms with E-state index in [9.17, 15) is 14.4 Å². The Bertz CT molecular complexity index is 1050. The van der Waals surface area contributed by atoms with Crippen LogP contribution >= 0.6 is 12.2 Å². The predicted molar refractivity (Wildman–Crippen MR) is 171 cm³/mol. The van der Waals surface area contributed by atoms with Crippen LogP contribution in [0, 0.1) is 16.2 Å². The van der Waals surface area contributed by atoms with E-state index in [0.29, 0.717) is 12.3 Å². The summed E-state index contributed by atoms with van der Waals surface area (Å²) in [6, 6.07) is 0. The van der Waals surface area contributed by atoms with Gasteiger partial charge in [-0.25, -0.2) is 19.8 Å². The molecule has 0 fully saturated rings. The van der Waals surface area contributed by atoms with Crippen LogP contribution in [0.3, 0.4) is 0 Å². The fraction of sp³-hybridized carbons (Fsp3) is 0.767. The molecule has 0 aromatic carbocycles. The molecule has 4 aliphatic rings. The van der Waals surface area contributed by atoms with Gasteiger partial charge in [-0.05, 0) is 33.6 Å². The van der Waals surface area contributed by atoms with Crippen molar-refractivity contribution in [2.75, 3.05) is 13.1 Å². The molecular weight excluding hydrogens is 540 g/mol. The zero-order chi connectivity index (χ0) is 31.1. The van der Waals surface area contributed by atoms with Crippen LogP contribution in [0.2, 0.25) is 0 Å². The van der Waals surface area contributed by atoms with Gasteiger partial charge in [0.25, 0.3) is 5.91 Å². The number of esters is 1. The van der Waals surface area contributed by atoms with Crippen molar-refractivity contribution < 1.29 is 19.1 Å². The van der Waals surface area contributed by atoms with Crippen molar-refractivity contribution >= 4 is 52.3 Å². The van der Waals surface area contributed by atoms with E-state index in [0.717, 1.165) is 30.0 Å². The summed E-state index contributed by atoms with van der Waals surface area (Å²) in [6.45, 7) is 24.9. The molecule has 4 aliphatic heterocycles. The summed E-state index contributed by atoms with van der Waals surface area (Å²) in [4.78, 5) is 45.3. The molecule has 4 heterocycles. The summed E-state index contributed by atoms with van der Waals surface area (Å²) >= 11 is 4.98. The first-order valence-electron chi connectivity index (χ1n) is 13.7. The molecule has 0 bridgehead atoms. The van der Waals surface area contributed by atoms with Crippen molar-refractivity contribution in [2.45, 2.75) is 122 Å². The van der Waals surface area contributed by atoms with Crippen LogP contribution in [0.25, 0.3) is 0 Å². The number of amides is 2. The Labute approximate surface area is 252 Å². The van der Waals surface area contributed by atoms with E-state index < -0.39 is 0 Å². The van der Waals surface area contributed by atoms with E-state index >= 15 is 0 Å². The second-order valence-electron chi connectivity index (χ2n) is 14.0.